The van der Waals surface area contributed by atoms with E-state index in [4.69, 9.17) is 21.4 Å². The van der Waals surface area contributed by atoms with Crippen molar-refractivity contribution < 1.29 is 9.84 Å². The van der Waals surface area contributed by atoms with Crippen LogP contribution < -0.4 is 10.9 Å². The van der Waals surface area contributed by atoms with Crippen LogP contribution in [-0.4, -0.2) is 36.0 Å². The molecule has 0 radical (unpaired) electrons. The molecule has 2 N–H and O–H groups in total. The van der Waals surface area contributed by atoms with Gasteiger partial charge in [0, 0.05) is 24.5 Å². The first-order valence-electron chi connectivity index (χ1n) is 7.03. The van der Waals surface area contributed by atoms with E-state index in [1.54, 1.807) is 24.4 Å². The minimum Gasteiger partial charge on any atom is -0.394 e. The highest BCUT2D eigenvalue weighted by Gasteiger charge is 2.06. The number of rotatable bonds is 7. The first-order valence-corrected chi connectivity index (χ1v) is 7.41. The van der Waals surface area contributed by atoms with Crippen molar-refractivity contribution in [2.24, 2.45) is 0 Å². The Bertz CT molecular complexity index is 685. The number of hydrogen-bond donors (Lipinski definition) is 2. The van der Waals surface area contributed by atoms with Gasteiger partial charge in [-0.05, 0) is 30.7 Å². The van der Waals surface area contributed by atoms with E-state index in [0.29, 0.717) is 30.5 Å². The fourth-order valence-corrected chi connectivity index (χ4v) is 2.30. The molecule has 1 aromatic heterocycles. The van der Waals surface area contributed by atoms with Crippen molar-refractivity contribution in [1.82, 2.24) is 4.57 Å². The molecule has 0 aliphatic heterocycles. The van der Waals surface area contributed by atoms with Crippen molar-refractivity contribution in [3.8, 4) is 5.69 Å². The zero-order valence-corrected chi connectivity index (χ0v) is 13.1. The molecular formula is C16H19ClN2O3. The SMILES string of the molecule is Cc1ccc(=O)n(-c2ccc(NCCOCCO)cc2Cl)c1. The molecule has 0 fully saturated rings. The topological polar surface area (TPSA) is 63.5 Å². The van der Waals surface area contributed by atoms with Gasteiger partial charge in [-0.15, -0.1) is 0 Å². The summed E-state index contributed by atoms with van der Waals surface area (Å²) in [6.07, 6.45) is 1.76. The lowest BCUT2D eigenvalue weighted by atomic mass is 10.2. The predicted molar refractivity (Wildman–Crippen MR) is 88.2 cm³/mol. The summed E-state index contributed by atoms with van der Waals surface area (Å²) in [7, 11) is 0. The van der Waals surface area contributed by atoms with E-state index in [1.165, 1.54) is 10.6 Å². The third-order valence-electron chi connectivity index (χ3n) is 3.08. The Balaban J connectivity index is 2.09. The number of aliphatic hydroxyl groups is 1. The van der Waals surface area contributed by atoms with Crippen molar-refractivity contribution in [3.05, 3.63) is 57.5 Å². The summed E-state index contributed by atoms with van der Waals surface area (Å²) in [5.41, 5.74) is 2.36. The minimum absolute atomic E-state index is 0.0196. The zero-order chi connectivity index (χ0) is 15.9. The van der Waals surface area contributed by atoms with Crippen molar-refractivity contribution >= 4 is 17.3 Å². The summed E-state index contributed by atoms with van der Waals surface area (Å²) in [5, 5.41) is 12.3. The molecule has 22 heavy (non-hydrogen) atoms. The van der Waals surface area contributed by atoms with Gasteiger partial charge in [-0.25, -0.2) is 0 Å². The maximum atomic E-state index is 11.9. The van der Waals surface area contributed by atoms with Gasteiger partial charge in [-0.3, -0.25) is 9.36 Å². The molecule has 2 aromatic rings. The van der Waals surface area contributed by atoms with Crippen LogP contribution in [0.15, 0.2) is 41.3 Å². The van der Waals surface area contributed by atoms with E-state index in [9.17, 15) is 4.79 Å². The number of aromatic nitrogens is 1. The molecule has 1 heterocycles. The van der Waals surface area contributed by atoms with Crippen LogP contribution in [0.2, 0.25) is 5.02 Å². The van der Waals surface area contributed by atoms with Crippen LogP contribution in [-0.2, 0) is 4.74 Å². The molecule has 0 aliphatic carbocycles. The van der Waals surface area contributed by atoms with E-state index >= 15 is 0 Å². The second-order valence-corrected chi connectivity index (χ2v) is 5.25. The number of anilines is 1. The van der Waals surface area contributed by atoms with E-state index in [1.807, 2.05) is 13.0 Å². The average molecular weight is 323 g/mol. The number of aliphatic hydroxyl groups excluding tert-OH is 1. The number of halogens is 1. The molecule has 0 atom stereocenters. The van der Waals surface area contributed by atoms with Crippen molar-refractivity contribution in [2.45, 2.75) is 6.92 Å². The fraction of sp³-hybridized carbons (Fsp3) is 0.312. The first-order chi connectivity index (χ1) is 10.6. The number of hydrogen-bond acceptors (Lipinski definition) is 4. The quantitative estimate of drug-likeness (QED) is 0.767. The largest absolute Gasteiger partial charge is 0.394 e. The molecule has 0 bridgehead atoms. The lowest BCUT2D eigenvalue weighted by Gasteiger charge is -2.12. The Morgan fingerprint density at radius 3 is 2.82 bits per heavy atom. The van der Waals surface area contributed by atoms with E-state index < -0.39 is 0 Å². The van der Waals surface area contributed by atoms with Crippen molar-refractivity contribution in [2.75, 3.05) is 31.7 Å². The van der Waals surface area contributed by atoms with E-state index in [0.717, 1.165) is 11.3 Å². The molecule has 1 aromatic carbocycles. The number of nitrogens with one attached hydrogen (secondary N) is 1. The van der Waals surface area contributed by atoms with Crippen molar-refractivity contribution in [3.63, 3.8) is 0 Å². The lowest BCUT2D eigenvalue weighted by molar-refractivity contribution is 0.0992. The predicted octanol–water partition coefficient (Wildman–Crippen LogP) is 2.22. The van der Waals surface area contributed by atoms with Gasteiger partial charge in [0.2, 0.25) is 0 Å². The Kier molecular flexibility index (Phi) is 6.00. The van der Waals surface area contributed by atoms with Gasteiger partial charge in [0.15, 0.2) is 0 Å². The molecule has 0 saturated heterocycles. The van der Waals surface area contributed by atoms with Crippen LogP contribution in [0.5, 0.6) is 0 Å². The molecule has 5 nitrogen and oxygen atoms in total. The van der Waals surface area contributed by atoms with Gasteiger partial charge in [0.05, 0.1) is 30.5 Å². The summed E-state index contributed by atoms with van der Waals surface area (Å²) in [6, 6.07) is 8.74. The summed E-state index contributed by atoms with van der Waals surface area (Å²) in [4.78, 5) is 11.9. The number of nitrogens with zero attached hydrogens (tertiary/aromatic N) is 1. The maximum absolute atomic E-state index is 11.9. The molecule has 2 rings (SSSR count). The average Bonchev–Trinajstić information content (AvgIpc) is 2.50. The van der Waals surface area contributed by atoms with Gasteiger partial charge in [0.25, 0.3) is 5.56 Å². The van der Waals surface area contributed by atoms with Gasteiger partial charge < -0.3 is 15.2 Å². The number of ether oxygens (including phenoxy) is 1. The second kappa shape index (κ2) is 7.98. The Hall–Kier alpha value is -1.82. The molecule has 0 unspecified atom stereocenters. The third kappa shape index (κ3) is 4.34. The van der Waals surface area contributed by atoms with Crippen LogP contribution >= 0.6 is 11.6 Å². The molecular weight excluding hydrogens is 304 g/mol. The molecule has 6 heteroatoms. The smallest absolute Gasteiger partial charge is 0.255 e. The van der Waals surface area contributed by atoms with Gasteiger partial charge in [0.1, 0.15) is 0 Å². The standard InChI is InChI=1S/C16H19ClN2O3/c1-12-2-5-16(21)19(11-12)15-4-3-13(10-14(15)17)18-6-8-22-9-7-20/h2-5,10-11,18,20H,6-9H2,1H3. The Morgan fingerprint density at radius 1 is 1.27 bits per heavy atom. The summed E-state index contributed by atoms with van der Waals surface area (Å²) in [5.74, 6) is 0. The highest BCUT2D eigenvalue weighted by atomic mass is 35.5. The van der Waals surface area contributed by atoms with E-state index in [-0.39, 0.29) is 12.2 Å². The maximum Gasteiger partial charge on any atom is 0.255 e. The highest BCUT2D eigenvalue weighted by Crippen LogP contribution is 2.23. The normalized spacial score (nSPS) is 10.7. The Labute approximate surface area is 134 Å². The second-order valence-electron chi connectivity index (χ2n) is 4.84. The molecule has 0 saturated carbocycles. The molecule has 0 amide bonds. The minimum atomic E-state index is -0.120. The fourth-order valence-electron chi connectivity index (χ4n) is 2.03. The summed E-state index contributed by atoms with van der Waals surface area (Å²) in [6.45, 7) is 3.38. The molecule has 0 aliphatic rings. The summed E-state index contributed by atoms with van der Waals surface area (Å²) >= 11 is 6.29. The Morgan fingerprint density at radius 2 is 2.09 bits per heavy atom. The first kappa shape index (κ1) is 16.5. The van der Waals surface area contributed by atoms with Crippen molar-refractivity contribution in [1.29, 1.82) is 0 Å². The lowest BCUT2D eigenvalue weighted by Crippen LogP contribution is -2.17. The molecule has 0 spiro atoms. The van der Waals surface area contributed by atoms with Crippen LogP contribution in [0.25, 0.3) is 5.69 Å². The summed E-state index contributed by atoms with van der Waals surface area (Å²) < 4.78 is 6.70. The zero-order valence-electron chi connectivity index (χ0n) is 12.4. The number of aryl methyl sites for hydroxylation is 1. The van der Waals surface area contributed by atoms with Crippen LogP contribution in [0.4, 0.5) is 5.69 Å². The van der Waals surface area contributed by atoms with E-state index in [2.05, 4.69) is 5.32 Å². The van der Waals surface area contributed by atoms with Gasteiger partial charge >= 0.3 is 0 Å². The van der Waals surface area contributed by atoms with Gasteiger partial charge in [-0.2, -0.15) is 0 Å². The highest BCUT2D eigenvalue weighted by molar-refractivity contribution is 6.32. The van der Waals surface area contributed by atoms with Crippen LogP contribution in [0.3, 0.4) is 0 Å². The molecule has 118 valence electrons. The number of pyridine rings is 1. The van der Waals surface area contributed by atoms with Gasteiger partial charge in [-0.1, -0.05) is 17.7 Å². The van der Waals surface area contributed by atoms with Crippen LogP contribution in [0.1, 0.15) is 5.56 Å². The monoisotopic (exact) mass is 322 g/mol. The third-order valence-corrected chi connectivity index (χ3v) is 3.38. The number of benzene rings is 1. The van der Waals surface area contributed by atoms with Crippen LogP contribution in [0, 0.1) is 6.92 Å².